The Morgan fingerprint density at radius 3 is 2.78 bits per heavy atom. The molecular formula is C14H19ClFNO. The summed E-state index contributed by atoms with van der Waals surface area (Å²) in [4.78, 5) is 11.8. The molecule has 0 aliphatic carbocycles. The number of hydrogen-bond donors (Lipinski definition) is 1. The van der Waals surface area contributed by atoms with Crippen LogP contribution in [0.1, 0.15) is 35.7 Å². The zero-order valence-electron chi connectivity index (χ0n) is 10.8. The van der Waals surface area contributed by atoms with Gasteiger partial charge in [0.15, 0.2) is 0 Å². The van der Waals surface area contributed by atoms with Crippen LogP contribution >= 0.6 is 11.6 Å². The lowest BCUT2D eigenvalue weighted by Crippen LogP contribution is -2.30. The standard InChI is InChI=1S/C14H19ClFNO/c1-3-11(6-7-15)9-17-14(18)12-5-4-10(2)8-13(12)16/h4-5,8,11H,3,6-7,9H2,1-2H3,(H,17,18). The lowest BCUT2D eigenvalue weighted by molar-refractivity contribution is 0.0942. The average molecular weight is 272 g/mol. The lowest BCUT2D eigenvalue weighted by atomic mass is 10.0. The van der Waals surface area contributed by atoms with Gasteiger partial charge in [-0.2, -0.15) is 0 Å². The van der Waals surface area contributed by atoms with Gasteiger partial charge in [-0.3, -0.25) is 4.79 Å². The maximum atomic E-state index is 13.6. The predicted octanol–water partition coefficient (Wildman–Crippen LogP) is 3.52. The molecule has 18 heavy (non-hydrogen) atoms. The Hall–Kier alpha value is -1.09. The first-order valence-electron chi connectivity index (χ1n) is 6.18. The molecule has 1 aromatic carbocycles. The fraction of sp³-hybridized carbons (Fsp3) is 0.500. The second kappa shape index (κ2) is 7.37. The van der Waals surface area contributed by atoms with Gasteiger partial charge in [0.1, 0.15) is 5.82 Å². The number of hydrogen-bond acceptors (Lipinski definition) is 1. The Balaban J connectivity index is 2.59. The monoisotopic (exact) mass is 271 g/mol. The number of benzene rings is 1. The van der Waals surface area contributed by atoms with Crippen molar-refractivity contribution in [1.29, 1.82) is 0 Å². The summed E-state index contributed by atoms with van der Waals surface area (Å²) < 4.78 is 13.6. The SMILES string of the molecule is CCC(CCCl)CNC(=O)c1ccc(C)cc1F. The summed E-state index contributed by atoms with van der Waals surface area (Å²) in [6.45, 7) is 4.38. The minimum atomic E-state index is -0.474. The van der Waals surface area contributed by atoms with Crippen molar-refractivity contribution in [2.24, 2.45) is 5.92 Å². The molecule has 4 heteroatoms. The van der Waals surface area contributed by atoms with E-state index < -0.39 is 5.82 Å². The molecule has 1 aromatic rings. The number of aryl methyl sites for hydroxylation is 1. The topological polar surface area (TPSA) is 29.1 Å². The third-order valence-corrected chi connectivity index (χ3v) is 3.23. The molecule has 1 unspecified atom stereocenters. The van der Waals surface area contributed by atoms with Crippen molar-refractivity contribution in [1.82, 2.24) is 5.32 Å². The van der Waals surface area contributed by atoms with Gasteiger partial charge in [0.2, 0.25) is 0 Å². The van der Waals surface area contributed by atoms with Crippen molar-refractivity contribution in [3.8, 4) is 0 Å². The van der Waals surface area contributed by atoms with Gasteiger partial charge in [-0.15, -0.1) is 11.6 Å². The molecule has 0 aromatic heterocycles. The van der Waals surface area contributed by atoms with Crippen LogP contribution in [0.3, 0.4) is 0 Å². The minimum absolute atomic E-state index is 0.0985. The third kappa shape index (κ3) is 4.30. The summed E-state index contributed by atoms with van der Waals surface area (Å²) in [7, 11) is 0. The highest BCUT2D eigenvalue weighted by atomic mass is 35.5. The van der Waals surface area contributed by atoms with Crippen molar-refractivity contribution < 1.29 is 9.18 Å². The van der Waals surface area contributed by atoms with E-state index in [1.807, 2.05) is 0 Å². The molecule has 1 rings (SSSR count). The Kier molecular flexibility index (Phi) is 6.13. The Morgan fingerprint density at radius 1 is 1.50 bits per heavy atom. The number of rotatable bonds is 6. The van der Waals surface area contributed by atoms with Crippen LogP contribution in [0.15, 0.2) is 18.2 Å². The number of halogens is 2. The summed E-state index contributed by atoms with van der Waals surface area (Å²) in [5.74, 6) is 0.0890. The fourth-order valence-electron chi connectivity index (χ4n) is 1.74. The van der Waals surface area contributed by atoms with Crippen molar-refractivity contribution in [3.63, 3.8) is 0 Å². The van der Waals surface area contributed by atoms with Gasteiger partial charge in [0.25, 0.3) is 5.91 Å². The summed E-state index contributed by atoms with van der Waals surface area (Å²) in [5, 5.41) is 2.76. The Bertz CT molecular complexity index is 409. The molecule has 0 spiro atoms. The largest absolute Gasteiger partial charge is 0.352 e. The van der Waals surface area contributed by atoms with Crippen molar-refractivity contribution >= 4 is 17.5 Å². The first kappa shape index (κ1) is 15.0. The van der Waals surface area contributed by atoms with Crippen LogP contribution < -0.4 is 5.32 Å². The van der Waals surface area contributed by atoms with Gasteiger partial charge < -0.3 is 5.32 Å². The second-order valence-corrected chi connectivity index (χ2v) is 4.82. The quantitative estimate of drug-likeness (QED) is 0.788. The van der Waals surface area contributed by atoms with Crippen molar-refractivity contribution in [2.75, 3.05) is 12.4 Å². The smallest absolute Gasteiger partial charge is 0.254 e. The zero-order valence-corrected chi connectivity index (χ0v) is 11.6. The maximum absolute atomic E-state index is 13.6. The molecule has 1 N–H and O–H groups in total. The van der Waals surface area contributed by atoms with Gasteiger partial charge in [0.05, 0.1) is 5.56 Å². The fourth-order valence-corrected chi connectivity index (χ4v) is 2.05. The summed E-state index contributed by atoms with van der Waals surface area (Å²) in [6.07, 6.45) is 1.80. The predicted molar refractivity (Wildman–Crippen MR) is 72.6 cm³/mol. The van der Waals surface area contributed by atoms with Crippen LogP contribution in [0.5, 0.6) is 0 Å². The van der Waals surface area contributed by atoms with E-state index in [0.29, 0.717) is 18.3 Å². The average Bonchev–Trinajstić information content (AvgIpc) is 2.34. The molecule has 100 valence electrons. The molecule has 0 radical (unpaired) electrons. The van der Waals surface area contributed by atoms with Gasteiger partial charge in [0, 0.05) is 12.4 Å². The van der Waals surface area contributed by atoms with E-state index in [-0.39, 0.29) is 11.5 Å². The first-order chi connectivity index (χ1) is 8.58. The highest BCUT2D eigenvalue weighted by molar-refractivity contribution is 6.17. The van der Waals surface area contributed by atoms with E-state index in [1.165, 1.54) is 12.1 Å². The molecule has 0 aliphatic rings. The minimum Gasteiger partial charge on any atom is -0.352 e. The van der Waals surface area contributed by atoms with Crippen LogP contribution in [-0.4, -0.2) is 18.3 Å². The molecule has 0 heterocycles. The summed E-state index contributed by atoms with van der Waals surface area (Å²) >= 11 is 5.68. The number of carbonyl (C=O) groups excluding carboxylic acids is 1. The molecule has 1 amide bonds. The van der Waals surface area contributed by atoms with Gasteiger partial charge in [-0.1, -0.05) is 19.4 Å². The van der Waals surface area contributed by atoms with E-state index in [1.54, 1.807) is 13.0 Å². The molecule has 0 bridgehead atoms. The van der Waals surface area contributed by atoms with Gasteiger partial charge in [-0.25, -0.2) is 4.39 Å². The van der Waals surface area contributed by atoms with Crippen molar-refractivity contribution in [2.45, 2.75) is 26.7 Å². The van der Waals surface area contributed by atoms with Crippen LogP contribution in [0.25, 0.3) is 0 Å². The zero-order chi connectivity index (χ0) is 13.5. The lowest BCUT2D eigenvalue weighted by Gasteiger charge is -2.14. The summed E-state index contributed by atoms with van der Waals surface area (Å²) in [5.41, 5.74) is 0.902. The molecule has 0 fully saturated rings. The third-order valence-electron chi connectivity index (χ3n) is 3.02. The number of alkyl halides is 1. The van der Waals surface area contributed by atoms with Crippen molar-refractivity contribution in [3.05, 3.63) is 35.1 Å². The van der Waals surface area contributed by atoms with E-state index in [4.69, 9.17) is 11.6 Å². The van der Waals surface area contributed by atoms with Crippen LogP contribution in [-0.2, 0) is 0 Å². The van der Waals surface area contributed by atoms with E-state index >= 15 is 0 Å². The van der Waals surface area contributed by atoms with Crippen LogP contribution in [0, 0.1) is 18.7 Å². The van der Waals surface area contributed by atoms with Gasteiger partial charge >= 0.3 is 0 Å². The maximum Gasteiger partial charge on any atom is 0.254 e. The van der Waals surface area contributed by atoms with Crippen LogP contribution in [0.4, 0.5) is 4.39 Å². The number of amides is 1. The molecule has 0 saturated carbocycles. The Morgan fingerprint density at radius 2 is 2.22 bits per heavy atom. The van der Waals surface area contributed by atoms with Gasteiger partial charge in [-0.05, 0) is 37.0 Å². The molecule has 0 saturated heterocycles. The number of carbonyl (C=O) groups is 1. The van der Waals surface area contributed by atoms with E-state index in [2.05, 4.69) is 12.2 Å². The van der Waals surface area contributed by atoms with E-state index in [0.717, 1.165) is 18.4 Å². The molecule has 0 aliphatic heterocycles. The first-order valence-corrected chi connectivity index (χ1v) is 6.72. The second-order valence-electron chi connectivity index (χ2n) is 4.45. The molecule has 1 atom stereocenters. The number of nitrogens with one attached hydrogen (secondary N) is 1. The summed E-state index contributed by atoms with van der Waals surface area (Å²) in [6, 6.07) is 4.61. The normalized spacial score (nSPS) is 12.2. The van der Waals surface area contributed by atoms with Crippen LogP contribution in [0.2, 0.25) is 0 Å². The highest BCUT2D eigenvalue weighted by Crippen LogP contribution is 2.11. The Labute approximate surface area is 113 Å². The molecule has 2 nitrogen and oxygen atoms in total. The molecular weight excluding hydrogens is 253 g/mol. The highest BCUT2D eigenvalue weighted by Gasteiger charge is 2.13. The van der Waals surface area contributed by atoms with E-state index in [9.17, 15) is 9.18 Å².